The number of rotatable bonds is 4. The van der Waals surface area contributed by atoms with E-state index in [0.29, 0.717) is 12.0 Å². The molecule has 1 aromatic carbocycles. The zero-order chi connectivity index (χ0) is 11.8. The molecule has 1 unspecified atom stereocenters. The van der Waals surface area contributed by atoms with Gasteiger partial charge in [0.25, 0.3) is 0 Å². The minimum Gasteiger partial charge on any atom is -0.480 e. The minimum absolute atomic E-state index is 0.564. The van der Waals surface area contributed by atoms with Crippen molar-refractivity contribution < 1.29 is 15.0 Å². The maximum Gasteiger partial charge on any atom is 0.325 e. The Morgan fingerprint density at radius 3 is 2.75 bits per heavy atom. The van der Waals surface area contributed by atoms with E-state index in [1.807, 2.05) is 6.07 Å². The Morgan fingerprint density at radius 2 is 2.19 bits per heavy atom. The first-order valence-corrected chi connectivity index (χ1v) is 5.30. The van der Waals surface area contributed by atoms with Crippen LogP contribution in [-0.2, 0) is 11.2 Å². The van der Waals surface area contributed by atoms with Crippen LogP contribution in [0.1, 0.15) is 30.0 Å². The Balaban J connectivity index is 2.15. The van der Waals surface area contributed by atoms with Gasteiger partial charge in [-0.1, -0.05) is 24.3 Å². The lowest BCUT2D eigenvalue weighted by molar-refractivity contribution is -0.138. The molecule has 1 aliphatic carbocycles. The van der Waals surface area contributed by atoms with Gasteiger partial charge in [-0.3, -0.25) is 4.79 Å². The third-order valence-corrected chi connectivity index (χ3v) is 2.94. The van der Waals surface area contributed by atoms with Gasteiger partial charge in [-0.05, 0) is 24.0 Å². The summed E-state index contributed by atoms with van der Waals surface area (Å²) in [4.78, 5) is 10.7. The van der Waals surface area contributed by atoms with Crippen LogP contribution >= 0.6 is 0 Å². The van der Waals surface area contributed by atoms with Crippen LogP contribution < -0.4 is 5.73 Å². The highest BCUT2D eigenvalue weighted by atomic mass is 16.4. The largest absolute Gasteiger partial charge is 0.480 e. The average Bonchev–Trinajstić information content (AvgIpc) is 2.95. The molecule has 4 N–H and O–H groups in total. The van der Waals surface area contributed by atoms with Crippen LogP contribution in [0.3, 0.4) is 0 Å². The molecule has 4 nitrogen and oxygen atoms in total. The van der Waals surface area contributed by atoms with Crippen molar-refractivity contribution in [3.05, 3.63) is 35.4 Å². The van der Waals surface area contributed by atoms with Gasteiger partial charge in [0, 0.05) is 6.42 Å². The van der Waals surface area contributed by atoms with Gasteiger partial charge in [0.1, 0.15) is 6.04 Å². The lowest BCUT2D eigenvalue weighted by Crippen LogP contribution is -2.21. The van der Waals surface area contributed by atoms with E-state index >= 15 is 0 Å². The van der Waals surface area contributed by atoms with Crippen LogP contribution in [0.15, 0.2) is 24.3 Å². The summed E-state index contributed by atoms with van der Waals surface area (Å²) in [5.74, 6) is -1.04. The molecule has 0 aliphatic heterocycles. The molecule has 1 aliphatic rings. The predicted molar refractivity (Wildman–Crippen MR) is 58.9 cm³/mol. The fraction of sp³-hybridized carbons (Fsp3) is 0.417. The smallest absolute Gasteiger partial charge is 0.325 e. The Bertz CT molecular complexity index is 412. The summed E-state index contributed by atoms with van der Waals surface area (Å²) in [6.07, 6.45) is 2.22. The van der Waals surface area contributed by atoms with Gasteiger partial charge < -0.3 is 15.9 Å². The molecular weight excluding hydrogens is 206 g/mol. The third kappa shape index (κ3) is 2.40. The topological polar surface area (TPSA) is 83.6 Å². The Hall–Kier alpha value is -1.39. The molecule has 4 heteroatoms. The normalized spacial score (nSPS) is 19.1. The van der Waals surface area contributed by atoms with E-state index in [0.717, 1.165) is 18.4 Å². The maximum absolute atomic E-state index is 10.7. The van der Waals surface area contributed by atoms with Gasteiger partial charge >= 0.3 is 5.97 Å². The molecular formula is C12H15NO3. The molecule has 1 fully saturated rings. The number of benzene rings is 1. The second-order valence-corrected chi connectivity index (χ2v) is 4.46. The zero-order valence-electron chi connectivity index (χ0n) is 8.89. The van der Waals surface area contributed by atoms with Gasteiger partial charge in [0.2, 0.25) is 0 Å². The lowest BCUT2D eigenvalue weighted by Gasteiger charge is -2.11. The van der Waals surface area contributed by atoms with E-state index in [1.54, 1.807) is 18.2 Å². The number of carboxylic acid groups (broad SMARTS) is 1. The summed E-state index contributed by atoms with van der Waals surface area (Å²) in [5.41, 5.74) is 6.48. The fourth-order valence-electron chi connectivity index (χ4n) is 1.74. The molecule has 0 aromatic heterocycles. The summed E-state index contributed by atoms with van der Waals surface area (Å²) in [5, 5.41) is 18.6. The fourth-order valence-corrected chi connectivity index (χ4v) is 1.74. The lowest BCUT2D eigenvalue weighted by atomic mass is 10.0. The molecule has 2 rings (SSSR count). The minimum atomic E-state index is -1.04. The third-order valence-electron chi connectivity index (χ3n) is 2.94. The monoisotopic (exact) mass is 221 g/mol. The number of aliphatic carboxylic acids is 1. The molecule has 16 heavy (non-hydrogen) atoms. The predicted octanol–water partition coefficient (Wildman–Crippen LogP) is 0.838. The van der Waals surface area contributed by atoms with Crippen molar-refractivity contribution in [3.63, 3.8) is 0 Å². The van der Waals surface area contributed by atoms with Crippen LogP contribution in [0.4, 0.5) is 0 Å². The van der Waals surface area contributed by atoms with Gasteiger partial charge in [0.05, 0.1) is 5.60 Å². The summed E-state index contributed by atoms with van der Waals surface area (Å²) >= 11 is 0. The summed E-state index contributed by atoms with van der Waals surface area (Å²) < 4.78 is 0. The van der Waals surface area contributed by atoms with Gasteiger partial charge in [0.15, 0.2) is 0 Å². The zero-order valence-corrected chi connectivity index (χ0v) is 8.89. The van der Waals surface area contributed by atoms with Gasteiger partial charge in [-0.25, -0.2) is 0 Å². The van der Waals surface area contributed by atoms with E-state index in [9.17, 15) is 9.90 Å². The molecule has 1 aromatic rings. The average molecular weight is 221 g/mol. The highest BCUT2D eigenvalue weighted by molar-refractivity contribution is 5.75. The second-order valence-electron chi connectivity index (χ2n) is 4.46. The molecule has 0 bridgehead atoms. The number of hydrogen-bond donors (Lipinski definition) is 3. The van der Waals surface area contributed by atoms with Gasteiger partial charge in [-0.2, -0.15) is 0 Å². The van der Waals surface area contributed by atoms with Crippen molar-refractivity contribution >= 4 is 5.97 Å². The molecule has 0 amide bonds. The highest BCUT2D eigenvalue weighted by Gasteiger charge is 2.40. The summed E-state index contributed by atoms with van der Waals surface area (Å²) in [6, 6.07) is 6.12. The van der Waals surface area contributed by atoms with Crippen LogP contribution in [0.25, 0.3) is 0 Å². The summed E-state index contributed by atoms with van der Waals surface area (Å²) in [7, 11) is 0. The van der Waals surface area contributed by atoms with Crippen LogP contribution in [0.2, 0.25) is 0 Å². The van der Waals surface area contributed by atoms with Crippen LogP contribution in [-0.4, -0.2) is 21.8 Å². The first kappa shape index (κ1) is 11.1. The Labute approximate surface area is 93.7 Å². The van der Waals surface area contributed by atoms with Crippen molar-refractivity contribution in [1.29, 1.82) is 0 Å². The van der Waals surface area contributed by atoms with Gasteiger partial charge in [-0.15, -0.1) is 0 Å². The molecule has 0 heterocycles. The first-order valence-electron chi connectivity index (χ1n) is 5.30. The number of aliphatic hydroxyl groups is 1. The second kappa shape index (κ2) is 3.88. The van der Waals surface area contributed by atoms with Crippen molar-refractivity contribution in [2.75, 3.05) is 0 Å². The van der Waals surface area contributed by atoms with Crippen molar-refractivity contribution in [2.24, 2.45) is 5.73 Å². The van der Waals surface area contributed by atoms with E-state index in [-0.39, 0.29) is 0 Å². The number of nitrogens with two attached hydrogens (primary N) is 1. The molecule has 1 atom stereocenters. The van der Waals surface area contributed by atoms with E-state index in [2.05, 4.69) is 0 Å². The van der Waals surface area contributed by atoms with E-state index < -0.39 is 17.6 Å². The molecule has 0 spiro atoms. The molecule has 86 valence electrons. The van der Waals surface area contributed by atoms with Crippen molar-refractivity contribution in [3.8, 4) is 0 Å². The Kier molecular flexibility index (Phi) is 2.69. The van der Waals surface area contributed by atoms with Crippen molar-refractivity contribution in [1.82, 2.24) is 0 Å². The van der Waals surface area contributed by atoms with Crippen molar-refractivity contribution in [2.45, 2.75) is 30.9 Å². The maximum atomic E-state index is 10.7. The molecule has 0 saturated heterocycles. The van der Waals surface area contributed by atoms with Crippen LogP contribution in [0.5, 0.6) is 0 Å². The highest BCUT2D eigenvalue weighted by Crippen LogP contribution is 2.38. The number of carbonyl (C=O) groups is 1. The first-order chi connectivity index (χ1) is 7.50. The SMILES string of the molecule is NC(C(=O)O)c1cccc(CC2(O)CC2)c1. The molecule has 0 radical (unpaired) electrons. The standard InChI is InChI=1S/C12H15NO3/c13-10(11(14)15)9-3-1-2-8(6-9)7-12(16)4-5-12/h1-3,6,10,16H,4-5,7,13H2,(H,14,15). The Morgan fingerprint density at radius 1 is 1.50 bits per heavy atom. The van der Waals surface area contributed by atoms with E-state index in [1.165, 1.54) is 0 Å². The molecule has 1 saturated carbocycles. The van der Waals surface area contributed by atoms with E-state index in [4.69, 9.17) is 10.8 Å². The van der Waals surface area contributed by atoms with Crippen LogP contribution in [0, 0.1) is 0 Å². The number of hydrogen-bond acceptors (Lipinski definition) is 3. The summed E-state index contributed by atoms with van der Waals surface area (Å²) in [6.45, 7) is 0. The quantitative estimate of drug-likeness (QED) is 0.703. The number of carboxylic acids is 1.